The first-order valence-electron chi connectivity index (χ1n) is 6.85. The second kappa shape index (κ2) is 5.43. The summed E-state index contributed by atoms with van der Waals surface area (Å²) >= 11 is 1.66. The van der Waals surface area contributed by atoms with Crippen LogP contribution in [0.1, 0.15) is 38.1 Å². The van der Waals surface area contributed by atoms with Crippen LogP contribution in [0.3, 0.4) is 0 Å². The zero-order chi connectivity index (χ0) is 13.2. The number of thiophene rings is 1. The predicted molar refractivity (Wildman–Crippen MR) is 78.7 cm³/mol. The van der Waals surface area contributed by atoms with Crippen molar-refractivity contribution in [1.29, 1.82) is 0 Å². The summed E-state index contributed by atoms with van der Waals surface area (Å²) in [6.07, 6.45) is 3.58. The van der Waals surface area contributed by atoms with Gasteiger partial charge in [-0.1, -0.05) is 6.92 Å². The average molecular weight is 277 g/mol. The Hall–Kier alpha value is -1.20. The molecule has 19 heavy (non-hydrogen) atoms. The highest BCUT2D eigenvalue weighted by atomic mass is 32.1. The van der Waals surface area contributed by atoms with E-state index in [9.17, 15) is 0 Å². The average Bonchev–Trinajstić information content (AvgIpc) is 3.13. The second-order valence-electron chi connectivity index (χ2n) is 4.99. The molecular formula is C14H19N3OS. The Morgan fingerprint density at radius 3 is 3.00 bits per heavy atom. The minimum atomic E-state index is 0.0497. The van der Waals surface area contributed by atoms with E-state index in [1.54, 1.807) is 18.4 Å². The number of hydrogen-bond donors (Lipinski definition) is 1. The first kappa shape index (κ1) is 12.8. The molecule has 2 aromatic rings. The van der Waals surface area contributed by atoms with Crippen LogP contribution in [0.25, 0.3) is 10.2 Å². The van der Waals surface area contributed by atoms with Crippen molar-refractivity contribution in [1.82, 2.24) is 9.97 Å². The van der Waals surface area contributed by atoms with Gasteiger partial charge in [-0.2, -0.15) is 0 Å². The Balaban J connectivity index is 1.99. The molecule has 1 aliphatic carbocycles. The van der Waals surface area contributed by atoms with Gasteiger partial charge in [0.1, 0.15) is 16.8 Å². The molecule has 2 aromatic heterocycles. The summed E-state index contributed by atoms with van der Waals surface area (Å²) in [6, 6.07) is 2.08. The Bertz CT molecular complexity index is 565. The molecule has 1 unspecified atom stereocenters. The smallest absolute Gasteiger partial charge is 0.161 e. The summed E-state index contributed by atoms with van der Waals surface area (Å²) in [5.41, 5.74) is 0. The van der Waals surface area contributed by atoms with E-state index in [1.807, 2.05) is 0 Å². The highest BCUT2D eigenvalue weighted by Crippen LogP contribution is 2.42. The van der Waals surface area contributed by atoms with E-state index in [0.717, 1.165) is 34.8 Å². The fourth-order valence-electron chi connectivity index (χ4n) is 2.28. The summed E-state index contributed by atoms with van der Waals surface area (Å²) < 4.78 is 5.60. The molecule has 0 spiro atoms. The SMILES string of the molecule is CCCNc1nc(C(OC)C2CC2)nc2sccc12. The van der Waals surface area contributed by atoms with Crippen molar-refractivity contribution in [3.05, 3.63) is 17.3 Å². The molecule has 1 N–H and O–H groups in total. The maximum absolute atomic E-state index is 5.60. The lowest BCUT2D eigenvalue weighted by atomic mass is 10.2. The molecule has 3 rings (SSSR count). The van der Waals surface area contributed by atoms with E-state index in [1.165, 1.54) is 12.8 Å². The quantitative estimate of drug-likeness (QED) is 0.876. The number of anilines is 1. The fraction of sp³-hybridized carbons (Fsp3) is 0.571. The van der Waals surface area contributed by atoms with Crippen LogP contribution in [-0.2, 0) is 4.74 Å². The van der Waals surface area contributed by atoms with Gasteiger partial charge in [-0.05, 0) is 36.6 Å². The number of nitrogens with zero attached hydrogens (tertiary/aromatic N) is 2. The van der Waals surface area contributed by atoms with Gasteiger partial charge in [0.25, 0.3) is 0 Å². The van der Waals surface area contributed by atoms with Gasteiger partial charge in [0.05, 0.1) is 5.39 Å². The van der Waals surface area contributed by atoms with Gasteiger partial charge < -0.3 is 10.1 Å². The van der Waals surface area contributed by atoms with Crippen molar-refractivity contribution in [2.45, 2.75) is 32.3 Å². The largest absolute Gasteiger partial charge is 0.373 e. The first-order chi connectivity index (χ1) is 9.33. The standard InChI is InChI=1S/C14H19N3OS/c1-3-7-15-12-10-6-8-19-14(10)17-13(16-12)11(18-2)9-4-5-9/h6,8-9,11H,3-5,7H2,1-2H3,(H,15,16,17). The third-order valence-corrected chi connectivity index (χ3v) is 4.25. The maximum Gasteiger partial charge on any atom is 0.161 e. The Kier molecular flexibility index (Phi) is 3.66. The fourth-order valence-corrected chi connectivity index (χ4v) is 3.06. The van der Waals surface area contributed by atoms with Crippen LogP contribution < -0.4 is 5.32 Å². The summed E-state index contributed by atoms with van der Waals surface area (Å²) in [6.45, 7) is 3.09. The molecule has 102 valence electrons. The van der Waals surface area contributed by atoms with Crippen LogP contribution in [0.2, 0.25) is 0 Å². The molecule has 1 fully saturated rings. The highest BCUT2D eigenvalue weighted by Gasteiger charge is 2.34. The van der Waals surface area contributed by atoms with Gasteiger partial charge >= 0.3 is 0 Å². The Morgan fingerprint density at radius 1 is 1.47 bits per heavy atom. The molecule has 0 bridgehead atoms. The molecule has 1 saturated carbocycles. The zero-order valence-electron chi connectivity index (χ0n) is 11.3. The van der Waals surface area contributed by atoms with Crippen LogP contribution in [-0.4, -0.2) is 23.6 Å². The number of rotatable bonds is 6. The van der Waals surface area contributed by atoms with Gasteiger partial charge in [-0.15, -0.1) is 11.3 Å². The lowest BCUT2D eigenvalue weighted by Crippen LogP contribution is -2.11. The zero-order valence-corrected chi connectivity index (χ0v) is 12.2. The predicted octanol–water partition coefficient (Wildman–Crippen LogP) is 3.61. The van der Waals surface area contributed by atoms with Crippen molar-refractivity contribution in [3.8, 4) is 0 Å². The molecule has 0 saturated heterocycles. The third-order valence-electron chi connectivity index (χ3n) is 3.44. The number of methoxy groups -OCH3 is 1. The van der Waals surface area contributed by atoms with E-state index in [-0.39, 0.29) is 6.10 Å². The number of nitrogens with one attached hydrogen (secondary N) is 1. The molecule has 1 aliphatic rings. The van der Waals surface area contributed by atoms with Crippen molar-refractivity contribution in [3.63, 3.8) is 0 Å². The van der Waals surface area contributed by atoms with Crippen LogP contribution in [0.4, 0.5) is 5.82 Å². The summed E-state index contributed by atoms with van der Waals surface area (Å²) in [7, 11) is 1.75. The normalized spacial score (nSPS) is 16.7. The minimum absolute atomic E-state index is 0.0497. The van der Waals surface area contributed by atoms with E-state index in [4.69, 9.17) is 9.72 Å². The van der Waals surface area contributed by atoms with E-state index in [0.29, 0.717) is 5.92 Å². The summed E-state index contributed by atoms with van der Waals surface area (Å²) in [4.78, 5) is 10.4. The van der Waals surface area contributed by atoms with Gasteiger partial charge in [-0.25, -0.2) is 9.97 Å². The van der Waals surface area contributed by atoms with Gasteiger partial charge in [0.15, 0.2) is 5.82 Å². The topological polar surface area (TPSA) is 47.0 Å². The molecule has 5 heteroatoms. The van der Waals surface area contributed by atoms with Gasteiger partial charge in [0.2, 0.25) is 0 Å². The van der Waals surface area contributed by atoms with E-state index in [2.05, 4.69) is 28.7 Å². The Morgan fingerprint density at radius 2 is 2.32 bits per heavy atom. The first-order valence-corrected chi connectivity index (χ1v) is 7.73. The third kappa shape index (κ3) is 2.58. The van der Waals surface area contributed by atoms with Crippen molar-refractivity contribution >= 4 is 27.4 Å². The number of aromatic nitrogens is 2. The summed E-state index contributed by atoms with van der Waals surface area (Å²) in [5, 5.41) is 6.59. The van der Waals surface area contributed by atoms with Gasteiger partial charge in [-0.3, -0.25) is 0 Å². The number of hydrogen-bond acceptors (Lipinski definition) is 5. The lowest BCUT2D eigenvalue weighted by Gasteiger charge is -2.15. The van der Waals surface area contributed by atoms with Crippen LogP contribution in [0, 0.1) is 5.92 Å². The molecule has 0 aromatic carbocycles. The maximum atomic E-state index is 5.60. The lowest BCUT2D eigenvalue weighted by molar-refractivity contribution is 0.0776. The minimum Gasteiger partial charge on any atom is -0.373 e. The molecule has 0 aliphatic heterocycles. The van der Waals surface area contributed by atoms with Crippen molar-refractivity contribution in [2.24, 2.45) is 5.92 Å². The molecule has 1 atom stereocenters. The van der Waals surface area contributed by atoms with E-state index < -0.39 is 0 Å². The summed E-state index contributed by atoms with van der Waals surface area (Å²) in [5.74, 6) is 2.38. The molecule has 2 heterocycles. The highest BCUT2D eigenvalue weighted by molar-refractivity contribution is 7.16. The number of fused-ring (bicyclic) bond motifs is 1. The van der Waals surface area contributed by atoms with Gasteiger partial charge in [0, 0.05) is 13.7 Å². The number of ether oxygens (including phenoxy) is 1. The van der Waals surface area contributed by atoms with Crippen LogP contribution in [0.5, 0.6) is 0 Å². The van der Waals surface area contributed by atoms with Crippen molar-refractivity contribution in [2.75, 3.05) is 19.0 Å². The molecule has 4 nitrogen and oxygen atoms in total. The molecular weight excluding hydrogens is 258 g/mol. The van der Waals surface area contributed by atoms with E-state index >= 15 is 0 Å². The van der Waals surface area contributed by atoms with Crippen LogP contribution in [0.15, 0.2) is 11.4 Å². The van der Waals surface area contributed by atoms with Crippen LogP contribution >= 0.6 is 11.3 Å². The second-order valence-corrected chi connectivity index (χ2v) is 5.88. The Labute approximate surface area is 117 Å². The molecule has 0 radical (unpaired) electrons. The molecule has 0 amide bonds. The van der Waals surface area contributed by atoms with Crippen molar-refractivity contribution < 1.29 is 4.74 Å². The monoisotopic (exact) mass is 277 g/mol.